The first kappa shape index (κ1) is 16.0. The fraction of sp³-hybridized carbons (Fsp3) is 0.278. The summed E-state index contributed by atoms with van der Waals surface area (Å²) < 4.78 is 5.36. The number of nitrogens with zero attached hydrogens (tertiary/aromatic N) is 1. The van der Waals surface area contributed by atoms with Crippen LogP contribution in [0, 0.1) is 13.8 Å². The Morgan fingerprint density at radius 2 is 1.75 bits per heavy atom. The zero-order chi connectivity index (χ0) is 17.3. The first-order chi connectivity index (χ1) is 11.4. The SMILES string of the molecule is Cc1cc(C(=O)Nc2ccc(CN3C(=O)CCC3=O)cc2)c(C)o1. The summed E-state index contributed by atoms with van der Waals surface area (Å²) in [5, 5.41) is 2.80. The molecular weight excluding hydrogens is 308 g/mol. The molecule has 3 amide bonds. The van der Waals surface area contributed by atoms with Gasteiger partial charge in [-0.05, 0) is 37.6 Å². The van der Waals surface area contributed by atoms with E-state index in [-0.39, 0.29) is 37.1 Å². The summed E-state index contributed by atoms with van der Waals surface area (Å²) in [6.07, 6.45) is 0.576. The Balaban J connectivity index is 1.66. The van der Waals surface area contributed by atoms with E-state index >= 15 is 0 Å². The van der Waals surface area contributed by atoms with Crippen molar-refractivity contribution in [3.05, 3.63) is 53.0 Å². The van der Waals surface area contributed by atoms with E-state index in [0.717, 1.165) is 5.56 Å². The van der Waals surface area contributed by atoms with Crippen LogP contribution in [0.1, 0.15) is 40.3 Å². The van der Waals surface area contributed by atoms with Gasteiger partial charge in [-0.15, -0.1) is 0 Å². The number of anilines is 1. The van der Waals surface area contributed by atoms with Crippen LogP contribution in [0.4, 0.5) is 5.69 Å². The Bertz CT molecular complexity index is 789. The molecule has 0 radical (unpaired) electrons. The number of aryl methyl sites for hydroxylation is 2. The molecule has 1 saturated heterocycles. The molecule has 1 aliphatic heterocycles. The van der Waals surface area contributed by atoms with Crippen molar-refractivity contribution in [3.8, 4) is 0 Å². The van der Waals surface area contributed by atoms with Crippen LogP contribution in [0.5, 0.6) is 0 Å². The van der Waals surface area contributed by atoms with E-state index in [1.54, 1.807) is 44.2 Å². The molecule has 6 heteroatoms. The van der Waals surface area contributed by atoms with E-state index in [4.69, 9.17) is 4.42 Å². The highest BCUT2D eigenvalue weighted by atomic mass is 16.3. The zero-order valence-corrected chi connectivity index (χ0v) is 13.6. The molecule has 3 rings (SSSR count). The van der Waals surface area contributed by atoms with E-state index in [1.807, 2.05) is 0 Å². The van der Waals surface area contributed by atoms with Crippen LogP contribution in [0.3, 0.4) is 0 Å². The molecule has 1 aromatic carbocycles. The van der Waals surface area contributed by atoms with Crippen LogP contribution in [0.2, 0.25) is 0 Å². The highest BCUT2D eigenvalue weighted by molar-refractivity contribution is 6.05. The molecule has 0 unspecified atom stereocenters. The summed E-state index contributed by atoms with van der Waals surface area (Å²) in [5.41, 5.74) is 1.98. The molecular formula is C18H18N2O4. The summed E-state index contributed by atoms with van der Waals surface area (Å²) in [5.74, 6) is 0.758. The molecule has 0 bridgehead atoms. The maximum absolute atomic E-state index is 12.2. The molecule has 1 fully saturated rings. The molecule has 6 nitrogen and oxygen atoms in total. The van der Waals surface area contributed by atoms with E-state index in [0.29, 0.717) is 22.8 Å². The lowest BCUT2D eigenvalue weighted by atomic mass is 10.2. The number of amides is 3. The van der Waals surface area contributed by atoms with E-state index < -0.39 is 0 Å². The zero-order valence-electron chi connectivity index (χ0n) is 13.6. The molecule has 1 aromatic heterocycles. The van der Waals surface area contributed by atoms with Crippen molar-refractivity contribution < 1.29 is 18.8 Å². The van der Waals surface area contributed by atoms with Gasteiger partial charge in [0.05, 0.1) is 12.1 Å². The lowest BCUT2D eigenvalue weighted by Crippen LogP contribution is -2.28. The van der Waals surface area contributed by atoms with Gasteiger partial charge in [-0.25, -0.2) is 0 Å². The van der Waals surface area contributed by atoms with Gasteiger partial charge in [0, 0.05) is 18.5 Å². The van der Waals surface area contributed by atoms with Gasteiger partial charge in [0.25, 0.3) is 5.91 Å². The third-order valence-electron chi connectivity index (χ3n) is 3.99. The number of imide groups is 1. The van der Waals surface area contributed by atoms with Gasteiger partial charge in [0.1, 0.15) is 11.5 Å². The quantitative estimate of drug-likeness (QED) is 0.876. The van der Waals surface area contributed by atoms with Gasteiger partial charge >= 0.3 is 0 Å². The van der Waals surface area contributed by atoms with Gasteiger partial charge in [0.15, 0.2) is 0 Å². The first-order valence-corrected chi connectivity index (χ1v) is 7.74. The van der Waals surface area contributed by atoms with Crippen molar-refractivity contribution in [3.63, 3.8) is 0 Å². The van der Waals surface area contributed by atoms with Gasteiger partial charge in [0.2, 0.25) is 11.8 Å². The molecule has 0 spiro atoms. The minimum absolute atomic E-state index is 0.136. The number of hydrogen-bond donors (Lipinski definition) is 1. The Morgan fingerprint density at radius 1 is 1.12 bits per heavy atom. The highest BCUT2D eigenvalue weighted by Gasteiger charge is 2.28. The Labute approximate surface area is 139 Å². The Hall–Kier alpha value is -2.89. The third kappa shape index (κ3) is 3.22. The molecule has 2 aromatic rings. The van der Waals surface area contributed by atoms with E-state index in [1.165, 1.54) is 4.90 Å². The topological polar surface area (TPSA) is 79.6 Å². The fourth-order valence-corrected chi connectivity index (χ4v) is 2.73. The number of nitrogens with one attached hydrogen (secondary N) is 1. The lowest BCUT2D eigenvalue weighted by Gasteiger charge is -2.14. The second-order valence-corrected chi connectivity index (χ2v) is 5.85. The van der Waals surface area contributed by atoms with E-state index in [2.05, 4.69) is 5.32 Å². The predicted octanol–water partition coefficient (Wildman–Crippen LogP) is 2.80. The summed E-state index contributed by atoms with van der Waals surface area (Å²) >= 11 is 0. The Kier molecular flexibility index (Phi) is 4.20. The van der Waals surface area contributed by atoms with E-state index in [9.17, 15) is 14.4 Å². The first-order valence-electron chi connectivity index (χ1n) is 7.74. The van der Waals surface area contributed by atoms with Crippen LogP contribution < -0.4 is 5.32 Å². The second-order valence-electron chi connectivity index (χ2n) is 5.85. The van der Waals surface area contributed by atoms with Crippen molar-refractivity contribution in [2.24, 2.45) is 0 Å². The van der Waals surface area contributed by atoms with Crippen molar-refractivity contribution in [2.45, 2.75) is 33.2 Å². The number of likely N-dealkylation sites (tertiary alicyclic amines) is 1. The molecule has 24 heavy (non-hydrogen) atoms. The Morgan fingerprint density at radius 3 is 2.29 bits per heavy atom. The van der Waals surface area contributed by atoms with Gasteiger partial charge < -0.3 is 9.73 Å². The fourth-order valence-electron chi connectivity index (χ4n) is 2.73. The monoisotopic (exact) mass is 326 g/mol. The maximum atomic E-state index is 12.2. The minimum Gasteiger partial charge on any atom is -0.466 e. The summed E-state index contributed by atoms with van der Waals surface area (Å²) in [7, 11) is 0. The van der Waals surface area contributed by atoms with Crippen molar-refractivity contribution in [2.75, 3.05) is 5.32 Å². The number of carbonyl (C=O) groups excluding carboxylic acids is 3. The number of rotatable bonds is 4. The van der Waals surface area contributed by atoms with Crippen LogP contribution in [-0.2, 0) is 16.1 Å². The minimum atomic E-state index is -0.234. The summed E-state index contributed by atoms with van der Waals surface area (Å²) in [6, 6.07) is 8.79. The molecule has 0 saturated carbocycles. The predicted molar refractivity (Wildman–Crippen MR) is 87.4 cm³/mol. The lowest BCUT2D eigenvalue weighted by molar-refractivity contribution is -0.139. The normalized spacial score (nSPS) is 14.3. The number of carbonyl (C=O) groups is 3. The van der Waals surface area contributed by atoms with Crippen LogP contribution >= 0.6 is 0 Å². The molecule has 0 aliphatic carbocycles. The molecule has 1 N–H and O–H groups in total. The smallest absolute Gasteiger partial charge is 0.259 e. The molecule has 124 valence electrons. The van der Waals surface area contributed by atoms with Crippen LogP contribution in [-0.4, -0.2) is 22.6 Å². The van der Waals surface area contributed by atoms with Gasteiger partial charge in [-0.1, -0.05) is 12.1 Å². The number of furan rings is 1. The second kappa shape index (κ2) is 6.31. The average Bonchev–Trinajstić information content (AvgIpc) is 3.04. The van der Waals surface area contributed by atoms with Gasteiger partial charge in [-0.3, -0.25) is 19.3 Å². The number of benzene rings is 1. The standard InChI is InChI=1S/C18H18N2O4/c1-11-9-15(12(2)24-11)18(23)19-14-5-3-13(4-6-14)10-20-16(21)7-8-17(20)22/h3-6,9H,7-8,10H2,1-2H3,(H,19,23). The van der Waals surface area contributed by atoms with Crippen molar-refractivity contribution in [1.82, 2.24) is 4.90 Å². The largest absolute Gasteiger partial charge is 0.466 e. The highest BCUT2D eigenvalue weighted by Crippen LogP contribution is 2.19. The van der Waals surface area contributed by atoms with Crippen LogP contribution in [0.15, 0.2) is 34.7 Å². The van der Waals surface area contributed by atoms with Gasteiger partial charge in [-0.2, -0.15) is 0 Å². The van der Waals surface area contributed by atoms with Crippen LogP contribution in [0.25, 0.3) is 0 Å². The number of hydrogen-bond acceptors (Lipinski definition) is 4. The van der Waals surface area contributed by atoms with Crippen molar-refractivity contribution in [1.29, 1.82) is 0 Å². The van der Waals surface area contributed by atoms with Crippen molar-refractivity contribution >= 4 is 23.4 Å². The molecule has 2 heterocycles. The maximum Gasteiger partial charge on any atom is 0.259 e. The summed E-state index contributed by atoms with van der Waals surface area (Å²) in [4.78, 5) is 36.8. The molecule has 0 atom stereocenters. The molecule has 1 aliphatic rings. The third-order valence-corrected chi connectivity index (χ3v) is 3.99. The average molecular weight is 326 g/mol. The summed E-state index contributed by atoms with van der Waals surface area (Å²) in [6.45, 7) is 3.81.